The van der Waals surface area contributed by atoms with E-state index in [9.17, 15) is 4.79 Å². The van der Waals surface area contributed by atoms with E-state index >= 15 is 0 Å². The first-order valence-electron chi connectivity index (χ1n) is 4.41. The minimum atomic E-state index is -0.643. The standard InChI is InChI=1S/C9H10BrN3O2.ClH/c1-13-8-7(5(10)2-3-12-8)15-4-6(11)9(13)14;/h2-3,6H,4,11H2,1H3;1H/t6-;/m0./s1. The van der Waals surface area contributed by atoms with Crippen LogP contribution < -0.4 is 15.4 Å². The molecule has 0 aromatic carbocycles. The molecule has 16 heavy (non-hydrogen) atoms. The summed E-state index contributed by atoms with van der Waals surface area (Å²) in [6.45, 7) is 0.167. The largest absolute Gasteiger partial charge is 0.486 e. The molecule has 88 valence electrons. The topological polar surface area (TPSA) is 68.5 Å². The highest BCUT2D eigenvalue weighted by molar-refractivity contribution is 9.10. The lowest BCUT2D eigenvalue weighted by Crippen LogP contribution is -2.43. The predicted octanol–water partition coefficient (Wildman–Crippen LogP) is 0.948. The summed E-state index contributed by atoms with van der Waals surface area (Å²) in [7, 11) is 1.63. The Balaban J connectivity index is 0.00000128. The van der Waals surface area contributed by atoms with Gasteiger partial charge >= 0.3 is 0 Å². The van der Waals surface area contributed by atoms with Crippen LogP contribution in [0.1, 0.15) is 0 Å². The van der Waals surface area contributed by atoms with E-state index in [4.69, 9.17) is 10.5 Å². The van der Waals surface area contributed by atoms with Gasteiger partial charge < -0.3 is 10.5 Å². The number of rotatable bonds is 0. The molecule has 0 saturated heterocycles. The number of amides is 1. The molecule has 0 aliphatic carbocycles. The van der Waals surface area contributed by atoms with Gasteiger partial charge in [0.2, 0.25) is 5.91 Å². The zero-order valence-electron chi connectivity index (χ0n) is 8.51. The summed E-state index contributed by atoms with van der Waals surface area (Å²) in [5, 5.41) is 0. The lowest BCUT2D eigenvalue weighted by atomic mass is 10.3. The molecule has 0 bridgehead atoms. The summed E-state index contributed by atoms with van der Waals surface area (Å²) in [5.41, 5.74) is 5.64. The number of likely N-dealkylation sites (N-methyl/N-ethyl adjacent to an activating group) is 1. The van der Waals surface area contributed by atoms with Crippen molar-refractivity contribution in [2.75, 3.05) is 18.6 Å². The van der Waals surface area contributed by atoms with Gasteiger partial charge in [-0.25, -0.2) is 4.98 Å². The fraction of sp³-hybridized carbons (Fsp3) is 0.333. The second kappa shape index (κ2) is 4.99. The predicted molar refractivity (Wildman–Crippen MR) is 66.1 cm³/mol. The fourth-order valence-electron chi connectivity index (χ4n) is 1.38. The average Bonchev–Trinajstić information content (AvgIpc) is 2.33. The van der Waals surface area contributed by atoms with Crippen LogP contribution in [0.2, 0.25) is 0 Å². The third-order valence-corrected chi connectivity index (χ3v) is 2.83. The average molecular weight is 309 g/mol. The number of hydrogen-bond donors (Lipinski definition) is 1. The normalized spacial score (nSPS) is 19.3. The summed E-state index contributed by atoms with van der Waals surface area (Å²) in [6, 6.07) is 1.12. The number of aromatic nitrogens is 1. The summed E-state index contributed by atoms with van der Waals surface area (Å²) in [4.78, 5) is 17.2. The van der Waals surface area contributed by atoms with Crippen molar-refractivity contribution >= 4 is 40.1 Å². The van der Waals surface area contributed by atoms with Gasteiger partial charge in [0.15, 0.2) is 11.6 Å². The van der Waals surface area contributed by atoms with E-state index in [-0.39, 0.29) is 24.9 Å². The van der Waals surface area contributed by atoms with Crippen molar-refractivity contribution in [2.45, 2.75) is 6.04 Å². The van der Waals surface area contributed by atoms with Crippen LogP contribution in [0.25, 0.3) is 0 Å². The van der Waals surface area contributed by atoms with Crippen LogP contribution in [0.15, 0.2) is 16.7 Å². The molecule has 0 saturated carbocycles. The molecule has 1 aromatic rings. The molecular formula is C9H11BrClN3O2. The molecule has 2 rings (SSSR count). The highest BCUT2D eigenvalue weighted by Gasteiger charge is 2.28. The highest BCUT2D eigenvalue weighted by Crippen LogP contribution is 2.34. The fourth-order valence-corrected chi connectivity index (χ4v) is 1.79. The first kappa shape index (κ1) is 13.2. The number of fused-ring (bicyclic) bond motifs is 1. The lowest BCUT2D eigenvalue weighted by Gasteiger charge is -2.16. The summed E-state index contributed by atoms with van der Waals surface area (Å²) >= 11 is 3.34. The molecule has 0 unspecified atom stereocenters. The summed E-state index contributed by atoms with van der Waals surface area (Å²) in [5.74, 6) is 0.850. The summed E-state index contributed by atoms with van der Waals surface area (Å²) < 4.78 is 6.20. The molecule has 1 aliphatic rings. The second-order valence-corrected chi connectivity index (χ2v) is 4.11. The van der Waals surface area contributed by atoms with E-state index in [2.05, 4.69) is 20.9 Å². The van der Waals surface area contributed by atoms with Crippen molar-refractivity contribution in [3.8, 4) is 5.75 Å². The Hall–Kier alpha value is -0.850. The van der Waals surface area contributed by atoms with Gasteiger partial charge in [-0.1, -0.05) is 0 Å². The van der Waals surface area contributed by atoms with Crippen molar-refractivity contribution in [1.29, 1.82) is 0 Å². The zero-order valence-corrected chi connectivity index (χ0v) is 10.9. The Bertz CT molecular complexity index is 416. The Morgan fingerprint density at radius 2 is 2.38 bits per heavy atom. The van der Waals surface area contributed by atoms with Crippen LogP contribution >= 0.6 is 28.3 Å². The number of anilines is 1. The first-order chi connectivity index (χ1) is 7.11. The van der Waals surface area contributed by atoms with Crippen LogP contribution in [-0.2, 0) is 4.79 Å². The Morgan fingerprint density at radius 1 is 1.69 bits per heavy atom. The maximum atomic E-state index is 11.7. The van der Waals surface area contributed by atoms with Crippen LogP contribution in [0, 0.1) is 0 Å². The molecule has 0 fully saturated rings. The molecule has 1 aromatic heterocycles. The van der Waals surface area contributed by atoms with Crippen LogP contribution in [0.4, 0.5) is 5.82 Å². The third kappa shape index (κ3) is 2.14. The number of pyridine rings is 1. The van der Waals surface area contributed by atoms with Crippen molar-refractivity contribution in [3.63, 3.8) is 0 Å². The Morgan fingerprint density at radius 3 is 3.06 bits per heavy atom. The molecule has 1 atom stereocenters. The van der Waals surface area contributed by atoms with E-state index in [1.165, 1.54) is 4.90 Å². The van der Waals surface area contributed by atoms with Gasteiger partial charge in [-0.15, -0.1) is 12.4 Å². The van der Waals surface area contributed by atoms with Crippen molar-refractivity contribution in [1.82, 2.24) is 4.98 Å². The Labute approximate surface area is 108 Å². The molecule has 0 spiro atoms. The molecule has 2 N–H and O–H groups in total. The molecule has 0 radical (unpaired) electrons. The number of carbonyl (C=O) groups excluding carboxylic acids is 1. The maximum absolute atomic E-state index is 11.7. The number of ether oxygens (including phenoxy) is 1. The van der Waals surface area contributed by atoms with Gasteiger partial charge in [0.25, 0.3) is 0 Å². The number of halogens is 2. The minimum Gasteiger partial charge on any atom is -0.486 e. The summed E-state index contributed by atoms with van der Waals surface area (Å²) in [6.07, 6.45) is 1.60. The smallest absolute Gasteiger partial charge is 0.248 e. The number of hydrogen-bond acceptors (Lipinski definition) is 4. The van der Waals surface area contributed by atoms with E-state index in [1.807, 2.05) is 0 Å². The SMILES string of the molecule is CN1C(=O)[C@@H](N)COc2c(Br)ccnc21.Cl. The van der Waals surface area contributed by atoms with Crippen LogP contribution in [0.5, 0.6) is 5.75 Å². The molecule has 2 heterocycles. The highest BCUT2D eigenvalue weighted by atomic mass is 79.9. The lowest BCUT2D eigenvalue weighted by molar-refractivity contribution is -0.119. The molecule has 5 nitrogen and oxygen atoms in total. The van der Waals surface area contributed by atoms with Crippen LogP contribution in [-0.4, -0.2) is 30.6 Å². The van der Waals surface area contributed by atoms with Crippen LogP contribution in [0.3, 0.4) is 0 Å². The minimum absolute atomic E-state index is 0. The van der Waals surface area contributed by atoms with E-state index in [0.717, 1.165) is 4.47 Å². The van der Waals surface area contributed by atoms with Gasteiger partial charge in [0, 0.05) is 13.2 Å². The van der Waals surface area contributed by atoms with Gasteiger partial charge in [0.05, 0.1) is 4.47 Å². The van der Waals surface area contributed by atoms with Crippen molar-refractivity contribution in [2.24, 2.45) is 5.73 Å². The number of nitrogens with zero attached hydrogens (tertiary/aromatic N) is 2. The van der Waals surface area contributed by atoms with Gasteiger partial charge in [-0.05, 0) is 22.0 Å². The second-order valence-electron chi connectivity index (χ2n) is 3.26. The van der Waals surface area contributed by atoms with Gasteiger partial charge in [0.1, 0.15) is 12.6 Å². The monoisotopic (exact) mass is 307 g/mol. The number of carbonyl (C=O) groups is 1. The van der Waals surface area contributed by atoms with Crippen molar-refractivity contribution < 1.29 is 9.53 Å². The van der Waals surface area contributed by atoms with E-state index < -0.39 is 6.04 Å². The molecule has 1 amide bonds. The van der Waals surface area contributed by atoms with E-state index in [1.54, 1.807) is 19.3 Å². The first-order valence-corrected chi connectivity index (χ1v) is 5.21. The number of nitrogens with two attached hydrogens (primary N) is 1. The quantitative estimate of drug-likeness (QED) is 0.775. The van der Waals surface area contributed by atoms with Crippen molar-refractivity contribution in [3.05, 3.63) is 16.7 Å². The third-order valence-electron chi connectivity index (χ3n) is 2.21. The maximum Gasteiger partial charge on any atom is 0.248 e. The van der Waals surface area contributed by atoms with E-state index in [0.29, 0.717) is 11.6 Å². The molecular weight excluding hydrogens is 297 g/mol. The van der Waals surface area contributed by atoms with Gasteiger partial charge in [-0.3, -0.25) is 9.69 Å². The van der Waals surface area contributed by atoms with Gasteiger partial charge in [-0.2, -0.15) is 0 Å². The Kier molecular flexibility index (Phi) is 4.12. The molecule has 1 aliphatic heterocycles. The molecule has 7 heteroatoms. The zero-order chi connectivity index (χ0) is 11.0.